The largest absolute Gasteiger partial charge is 0.490 e. The Morgan fingerprint density at radius 3 is 2.79 bits per heavy atom. The van der Waals surface area contributed by atoms with E-state index >= 15 is 0 Å². The van der Waals surface area contributed by atoms with E-state index in [1.165, 1.54) is 0 Å². The maximum atomic E-state index is 11.9. The van der Waals surface area contributed by atoms with E-state index in [4.69, 9.17) is 27.9 Å². The number of hydrogen-bond acceptors (Lipinski definition) is 3. The fourth-order valence-electron chi connectivity index (χ4n) is 3.05. The van der Waals surface area contributed by atoms with Gasteiger partial charge in [-0.25, -0.2) is 0 Å². The fourth-order valence-corrected chi connectivity index (χ4v) is 3.40. The Bertz CT molecular complexity index is 879. The highest BCUT2D eigenvalue weighted by molar-refractivity contribution is 14.0. The normalized spacial score (nSPS) is 15.6. The van der Waals surface area contributed by atoms with Crippen LogP contribution in [0.4, 0.5) is 5.69 Å². The summed E-state index contributed by atoms with van der Waals surface area (Å²) in [4.78, 5) is 16.1. The number of amides is 1. The highest BCUT2D eigenvalue weighted by atomic mass is 127. The van der Waals surface area contributed by atoms with E-state index in [9.17, 15) is 4.79 Å². The van der Waals surface area contributed by atoms with Crippen LogP contribution in [-0.4, -0.2) is 38.6 Å². The maximum absolute atomic E-state index is 11.9. The smallest absolute Gasteiger partial charge is 0.225 e. The Morgan fingerprint density at radius 1 is 1.21 bits per heavy atom. The van der Waals surface area contributed by atoms with Gasteiger partial charge in [-0.3, -0.25) is 9.79 Å². The molecule has 1 aliphatic rings. The van der Waals surface area contributed by atoms with Crippen LogP contribution in [0.15, 0.2) is 47.5 Å². The molecule has 0 aliphatic carbocycles. The minimum Gasteiger partial charge on any atom is -0.490 e. The van der Waals surface area contributed by atoms with Crippen LogP contribution in [0.1, 0.15) is 17.9 Å². The predicted molar refractivity (Wildman–Crippen MR) is 129 cm³/mol. The zero-order chi connectivity index (χ0) is 19.9. The number of nitrogens with zero attached hydrogens (tertiary/aromatic N) is 1. The molecule has 0 fully saturated rings. The van der Waals surface area contributed by atoms with Crippen molar-refractivity contribution in [3.05, 3.63) is 58.1 Å². The monoisotopic (exact) mass is 548 g/mol. The van der Waals surface area contributed by atoms with Crippen LogP contribution in [-0.2, 0) is 4.79 Å². The summed E-state index contributed by atoms with van der Waals surface area (Å²) in [6.07, 6.45) is 0.442. The number of halogens is 3. The highest BCUT2D eigenvalue weighted by Crippen LogP contribution is 2.32. The summed E-state index contributed by atoms with van der Waals surface area (Å²) in [5, 5.41) is 10.2. The first kappa shape index (κ1) is 23.6. The number of guanidine groups is 1. The van der Waals surface area contributed by atoms with Crippen molar-refractivity contribution in [2.45, 2.75) is 12.3 Å². The van der Waals surface area contributed by atoms with Crippen LogP contribution in [0.25, 0.3) is 0 Å². The summed E-state index contributed by atoms with van der Waals surface area (Å²) in [6.45, 7) is 1.53. The number of para-hydroxylation sites is 1. The lowest BCUT2D eigenvalue weighted by Crippen LogP contribution is -2.42. The van der Waals surface area contributed by atoms with Crippen LogP contribution in [0, 0.1) is 0 Å². The maximum Gasteiger partial charge on any atom is 0.225 e. The molecule has 0 bridgehead atoms. The zero-order valence-electron chi connectivity index (χ0n) is 15.9. The molecule has 3 N–H and O–H groups in total. The number of hydrogen-bond donors (Lipinski definition) is 3. The van der Waals surface area contributed by atoms with Crippen molar-refractivity contribution in [2.75, 3.05) is 32.1 Å². The number of aliphatic imine (C=N–C) groups is 1. The van der Waals surface area contributed by atoms with Gasteiger partial charge in [-0.1, -0.05) is 47.5 Å². The Kier molecular flexibility index (Phi) is 9.32. The summed E-state index contributed by atoms with van der Waals surface area (Å²) in [5.41, 5.74) is 2.00. The van der Waals surface area contributed by atoms with Gasteiger partial charge in [0.05, 0.1) is 11.6 Å². The van der Waals surface area contributed by atoms with Crippen LogP contribution in [0.2, 0.25) is 10.0 Å². The van der Waals surface area contributed by atoms with E-state index < -0.39 is 0 Å². The first-order valence-corrected chi connectivity index (χ1v) is 9.74. The Hall–Kier alpha value is -1.71. The quantitative estimate of drug-likeness (QED) is 0.218. The minimum atomic E-state index is 0. The average molecular weight is 549 g/mol. The van der Waals surface area contributed by atoms with Crippen LogP contribution < -0.4 is 20.7 Å². The van der Waals surface area contributed by atoms with Crippen molar-refractivity contribution in [1.29, 1.82) is 0 Å². The van der Waals surface area contributed by atoms with Crippen molar-refractivity contribution in [3.63, 3.8) is 0 Å². The summed E-state index contributed by atoms with van der Waals surface area (Å²) < 4.78 is 5.65. The molecular weight excluding hydrogens is 526 g/mol. The van der Waals surface area contributed by atoms with Gasteiger partial charge >= 0.3 is 0 Å². The average Bonchev–Trinajstić information content (AvgIpc) is 2.70. The minimum absolute atomic E-state index is 0. The van der Waals surface area contributed by atoms with Crippen molar-refractivity contribution >= 4 is 64.7 Å². The fraction of sp³-hybridized carbons (Fsp3) is 0.300. The number of anilines is 1. The third-order valence-electron chi connectivity index (χ3n) is 4.41. The molecule has 0 saturated heterocycles. The molecule has 1 atom stereocenters. The van der Waals surface area contributed by atoms with Gasteiger partial charge < -0.3 is 20.7 Å². The number of fused-ring (bicyclic) bond motifs is 1. The van der Waals surface area contributed by atoms with E-state index in [-0.39, 0.29) is 35.8 Å². The molecule has 1 aliphatic heterocycles. The topological polar surface area (TPSA) is 74.8 Å². The van der Waals surface area contributed by atoms with E-state index in [2.05, 4.69) is 20.9 Å². The number of carbonyl (C=O) groups excluding carboxylic acids is 1. The second kappa shape index (κ2) is 11.5. The molecule has 156 valence electrons. The number of benzene rings is 2. The van der Waals surface area contributed by atoms with E-state index in [1.807, 2.05) is 24.3 Å². The molecule has 0 aromatic heterocycles. The lowest BCUT2D eigenvalue weighted by atomic mass is 9.90. The third kappa shape index (κ3) is 6.38. The summed E-state index contributed by atoms with van der Waals surface area (Å²) in [5.74, 6) is 1.30. The molecule has 0 saturated carbocycles. The van der Waals surface area contributed by atoms with Crippen LogP contribution in [0.5, 0.6) is 5.75 Å². The summed E-state index contributed by atoms with van der Waals surface area (Å²) in [6, 6.07) is 13.1. The van der Waals surface area contributed by atoms with Crippen molar-refractivity contribution < 1.29 is 9.53 Å². The molecule has 1 heterocycles. The van der Waals surface area contributed by atoms with Gasteiger partial charge in [-0.05, 0) is 23.8 Å². The third-order valence-corrected chi connectivity index (χ3v) is 5.22. The summed E-state index contributed by atoms with van der Waals surface area (Å²) in [7, 11) is 1.70. The Balaban J connectivity index is 0.00000300. The first-order valence-electron chi connectivity index (χ1n) is 8.98. The van der Waals surface area contributed by atoms with Gasteiger partial charge in [0.1, 0.15) is 17.4 Å². The van der Waals surface area contributed by atoms with Gasteiger partial charge in [0.2, 0.25) is 5.91 Å². The molecule has 1 unspecified atom stereocenters. The molecule has 2 aromatic carbocycles. The second-order valence-corrected chi connectivity index (χ2v) is 7.10. The standard InChI is InChI=1S/C20H22Cl2N4O2.HI/c1-23-20(24-9-10-28-17-8-4-6-15(21)19(17)22)25-12-13-11-18(27)26-16-7-3-2-5-14(13)16;/h2-8,13H,9-12H2,1H3,(H,26,27)(H2,23,24,25);1H. The SMILES string of the molecule is CN=C(NCCOc1cccc(Cl)c1Cl)NCC1CC(=O)Nc2ccccc21.I. The molecule has 0 spiro atoms. The molecule has 9 heteroatoms. The highest BCUT2D eigenvalue weighted by Gasteiger charge is 2.24. The first-order chi connectivity index (χ1) is 13.6. The van der Waals surface area contributed by atoms with E-state index in [0.717, 1.165) is 11.3 Å². The number of nitrogens with one attached hydrogen (secondary N) is 3. The lowest BCUT2D eigenvalue weighted by Gasteiger charge is -2.26. The number of ether oxygens (including phenoxy) is 1. The van der Waals surface area contributed by atoms with Crippen LogP contribution in [0.3, 0.4) is 0 Å². The van der Waals surface area contributed by atoms with Crippen molar-refractivity contribution in [3.8, 4) is 5.75 Å². The Morgan fingerprint density at radius 2 is 2.00 bits per heavy atom. The molecule has 6 nitrogen and oxygen atoms in total. The van der Waals surface area contributed by atoms with Crippen molar-refractivity contribution in [1.82, 2.24) is 10.6 Å². The van der Waals surface area contributed by atoms with Crippen LogP contribution >= 0.6 is 47.2 Å². The molecular formula is C20H23Cl2IN4O2. The summed E-state index contributed by atoms with van der Waals surface area (Å²) >= 11 is 12.1. The van der Waals surface area contributed by atoms with Gasteiger partial charge in [0.25, 0.3) is 0 Å². The van der Waals surface area contributed by atoms with E-state index in [0.29, 0.717) is 47.9 Å². The molecule has 0 radical (unpaired) electrons. The van der Waals surface area contributed by atoms with Gasteiger partial charge in [-0.2, -0.15) is 0 Å². The van der Waals surface area contributed by atoms with Gasteiger partial charge in [0, 0.05) is 31.6 Å². The number of rotatable bonds is 6. The van der Waals surface area contributed by atoms with Gasteiger partial charge in [-0.15, -0.1) is 24.0 Å². The zero-order valence-corrected chi connectivity index (χ0v) is 19.7. The Labute approximate surface area is 197 Å². The van der Waals surface area contributed by atoms with Gasteiger partial charge in [0.15, 0.2) is 5.96 Å². The predicted octanol–water partition coefficient (Wildman–Crippen LogP) is 4.28. The molecule has 3 rings (SSSR count). The lowest BCUT2D eigenvalue weighted by molar-refractivity contribution is -0.116. The molecule has 29 heavy (non-hydrogen) atoms. The van der Waals surface area contributed by atoms with Crippen molar-refractivity contribution in [2.24, 2.45) is 4.99 Å². The second-order valence-electron chi connectivity index (χ2n) is 6.32. The molecule has 2 aromatic rings. The van der Waals surface area contributed by atoms with E-state index in [1.54, 1.807) is 25.2 Å². The number of carbonyl (C=O) groups is 1. The molecule has 1 amide bonds.